The molecule has 108 valence electrons. The first-order valence-electron chi connectivity index (χ1n) is 7.11. The van der Waals surface area contributed by atoms with Gasteiger partial charge < -0.3 is 15.6 Å². The van der Waals surface area contributed by atoms with Crippen molar-refractivity contribution in [1.29, 1.82) is 0 Å². The summed E-state index contributed by atoms with van der Waals surface area (Å²) < 4.78 is 0. The molecule has 0 saturated heterocycles. The molecule has 0 aliphatic rings. The highest BCUT2D eigenvalue weighted by molar-refractivity contribution is 5.79. The van der Waals surface area contributed by atoms with Crippen LogP contribution in [0.1, 0.15) is 32.3 Å². The Morgan fingerprint density at radius 3 is 3.15 bits per heavy atom. The second-order valence-electron chi connectivity index (χ2n) is 5.02. The van der Waals surface area contributed by atoms with Gasteiger partial charge in [0.1, 0.15) is 5.65 Å². The van der Waals surface area contributed by atoms with Gasteiger partial charge in [0.25, 0.3) is 0 Å². The van der Waals surface area contributed by atoms with Crippen molar-refractivity contribution >= 4 is 16.9 Å². The zero-order valence-corrected chi connectivity index (χ0v) is 12.1. The lowest BCUT2D eigenvalue weighted by atomic mass is 10.2. The summed E-state index contributed by atoms with van der Waals surface area (Å²) in [6, 6.07) is 4.23. The Labute approximate surface area is 119 Å². The second-order valence-corrected chi connectivity index (χ2v) is 5.02. The number of fused-ring (bicyclic) bond motifs is 1. The maximum absolute atomic E-state index is 11.6. The highest BCUT2D eigenvalue weighted by atomic mass is 16.1. The van der Waals surface area contributed by atoms with Gasteiger partial charge >= 0.3 is 0 Å². The Balaban J connectivity index is 1.75. The average Bonchev–Trinajstić information content (AvgIpc) is 2.87. The van der Waals surface area contributed by atoms with Crippen molar-refractivity contribution in [2.45, 2.75) is 39.3 Å². The van der Waals surface area contributed by atoms with Gasteiger partial charge in [-0.25, -0.2) is 4.98 Å². The topological polar surface area (TPSA) is 69.8 Å². The molecule has 3 N–H and O–H groups in total. The maximum Gasteiger partial charge on any atom is 0.221 e. The van der Waals surface area contributed by atoms with E-state index in [0.29, 0.717) is 13.0 Å². The third kappa shape index (κ3) is 3.81. The molecule has 0 saturated carbocycles. The fraction of sp³-hybridized carbons (Fsp3) is 0.467. The third-order valence-corrected chi connectivity index (χ3v) is 3.40. The van der Waals surface area contributed by atoms with E-state index in [-0.39, 0.29) is 11.9 Å². The van der Waals surface area contributed by atoms with Crippen LogP contribution < -0.4 is 10.6 Å². The van der Waals surface area contributed by atoms with Gasteiger partial charge in [-0.2, -0.15) is 0 Å². The monoisotopic (exact) mass is 274 g/mol. The molecule has 1 atom stereocenters. The van der Waals surface area contributed by atoms with Gasteiger partial charge in [-0.15, -0.1) is 0 Å². The van der Waals surface area contributed by atoms with E-state index in [1.165, 1.54) is 5.56 Å². The summed E-state index contributed by atoms with van der Waals surface area (Å²) in [5.41, 5.74) is 2.08. The lowest BCUT2D eigenvalue weighted by molar-refractivity contribution is -0.121. The van der Waals surface area contributed by atoms with Crippen molar-refractivity contribution in [1.82, 2.24) is 20.6 Å². The first kappa shape index (κ1) is 14.5. The predicted molar refractivity (Wildman–Crippen MR) is 80.3 cm³/mol. The van der Waals surface area contributed by atoms with E-state index < -0.39 is 0 Å². The number of amides is 1. The third-order valence-electron chi connectivity index (χ3n) is 3.40. The van der Waals surface area contributed by atoms with Crippen molar-refractivity contribution in [3.8, 4) is 0 Å². The van der Waals surface area contributed by atoms with Crippen molar-refractivity contribution in [2.24, 2.45) is 0 Å². The van der Waals surface area contributed by atoms with Gasteiger partial charge in [0.05, 0.1) is 0 Å². The average molecular weight is 274 g/mol. The number of nitrogens with one attached hydrogen (secondary N) is 3. The lowest BCUT2D eigenvalue weighted by Gasteiger charge is -2.11. The molecule has 0 aliphatic carbocycles. The highest BCUT2D eigenvalue weighted by Crippen LogP contribution is 2.14. The summed E-state index contributed by atoms with van der Waals surface area (Å²) in [6.45, 7) is 5.50. The summed E-state index contributed by atoms with van der Waals surface area (Å²) in [6.07, 6.45) is 5.20. The molecule has 2 rings (SSSR count). The smallest absolute Gasteiger partial charge is 0.221 e. The standard InChI is InChI=1S/C15H22N4O/c1-3-11(2)19-14(20)6-8-16-9-12-10-18-15-13(12)5-4-7-17-15/h4-5,7,10-11,16H,3,6,8-9H2,1-2H3,(H,17,18)(H,19,20). The van der Waals surface area contributed by atoms with E-state index in [0.717, 1.165) is 24.0 Å². The number of aromatic nitrogens is 2. The largest absolute Gasteiger partial charge is 0.354 e. The maximum atomic E-state index is 11.6. The van der Waals surface area contributed by atoms with Crippen LogP contribution in [0.3, 0.4) is 0 Å². The molecule has 0 fully saturated rings. The Bertz CT molecular complexity index is 564. The normalized spacial score (nSPS) is 12.5. The van der Waals surface area contributed by atoms with Gasteiger partial charge in [0.15, 0.2) is 0 Å². The highest BCUT2D eigenvalue weighted by Gasteiger charge is 2.06. The number of aromatic amines is 1. The van der Waals surface area contributed by atoms with Crippen LogP contribution in [0.4, 0.5) is 0 Å². The Hall–Kier alpha value is -1.88. The van der Waals surface area contributed by atoms with Crippen molar-refractivity contribution < 1.29 is 4.79 Å². The fourth-order valence-corrected chi connectivity index (χ4v) is 2.03. The van der Waals surface area contributed by atoms with E-state index in [1.54, 1.807) is 6.20 Å². The fourth-order valence-electron chi connectivity index (χ4n) is 2.03. The number of H-pyrrole nitrogens is 1. The molecule has 1 unspecified atom stereocenters. The van der Waals surface area contributed by atoms with Gasteiger partial charge in [-0.3, -0.25) is 4.79 Å². The van der Waals surface area contributed by atoms with E-state index in [2.05, 4.69) is 27.5 Å². The molecule has 5 nitrogen and oxygen atoms in total. The van der Waals surface area contributed by atoms with Gasteiger partial charge in [0, 0.05) is 43.3 Å². The first-order chi connectivity index (χ1) is 9.70. The van der Waals surface area contributed by atoms with Crippen LogP contribution in [0, 0.1) is 0 Å². The minimum absolute atomic E-state index is 0.104. The molecule has 2 aromatic heterocycles. The zero-order valence-electron chi connectivity index (χ0n) is 12.1. The quantitative estimate of drug-likeness (QED) is 0.676. The van der Waals surface area contributed by atoms with Gasteiger partial charge in [0.2, 0.25) is 5.91 Å². The zero-order chi connectivity index (χ0) is 14.4. The molecule has 1 amide bonds. The number of rotatable bonds is 7. The molecule has 2 aromatic rings. The SMILES string of the molecule is CCC(C)NC(=O)CCNCc1c[nH]c2ncccc12. The molecule has 0 spiro atoms. The lowest BCUT2D eigenvalue weighted by Crippen LogP contribution is -2.33. The van der Waals surface area contributed by atoms with Gasteiger partial charge in [-0.1, -0.05) is 6.92 Å². The molecule has 0 aliphatic heterocycles. The molecule has 5 heteroatoms. The molecular formula is C15H22N4O. The minimum Gasteiger partial charge on any atom is -0.354 e. The summed E-state index contributed by atoms with van der Waals surface area (Å²) >= 11 is 0. The second kappa shape index (κ2) is 7.05. The number of carbonyl (C=O) groups is 1. The molecule has 2 heterocycles. The Morgan fingerprint density at radius 1 is 1.50 bits per heavy atom. The van der Waals surface area contributed by atoms with Crippen LogP contribution >= 0.6 is 0 Å². The van der Waals surface area contributed by atoms with E-state index in [1.807, 2.05) is 25.3 Å². The number of nitrogens with zero attached hydrogens (tertiary/aromatic N) is 1. The van der Waals surface area contributed by atoms with Crippen molar-refractivity contribution in [2.75, 3.05) is 6.54 Å². The first-order valence-corrected chi connectivity index (χ1v) is 7.11. The summed E-state index contributed by atoms with van der Waals surface area (Å²) in [5, 5.41) is 7.38. The molecule has 20 heavy (non-hydrogen) atoms. The Kier molecular flexibility index (Phi) is 5.12. The molecule has 0 bridgehead atoms. The Morgan fingerprint density at radius 2 is 2.35 bits per heavy atom. The van der Waals surface area contributed by atoms with E-state index in [4.69, 9.17) is 0 Å². The van der Waals surface area contributed by atoms with Crippen LogP contribution in [0.15, 0.2) is 24.5 Å². The number of carbonyl (C=O) groups excluding carboxylic acids is 1. The van der Waals surface area contributed by atoms with Crippen LogP contribution in [0.5, 0.6) is 0 Å². The van der Waals surface area contributed by atoms with E-state index >= 15 is 0 Å². The molecular weight excluding hydrogens is 252 g/mol. The van der Waals surface area contributed by atoms with Crippen LogP contribution in [0.25, 0.3) is 11.0 Å². The van der Waals surface area contributed by atoms with Gasteiger partial charge in [-0.05, 0) is 31.0 Å². The number of hydrogen-bond donors (Lipinski definition) is 3. The summed E-state index contributed by atoms with van der Waals surface area (Å²) in [7, 11) is 0. The number of pyridine rings is 1. The summed E-state index contributed by atoms with van der Waals surface area (Å²) in [4.78, 5) is 19.0. The van der Waals surface area contributed by atoms with Crippen molar-refractivity contribution in [3.05, 3.63) is 30.1 Å². The minimum atomic E-state index is 0.104. The van der Waals surface area contributed by atoms with E-state index in [9.17, 15) is 4.79 Å². The van der Waals surface area contributed by atoms with Crippen LogP contribution in [0.2, 0.25) is 0 Å². The van der Waals surface area contributed by atoms with Crippen LogP contribution in [-0.4, -0.2) is 28.5 Å². The number of hydrogen-bond acceptors (Lipinski definition) is 3. The molecule has 0 aromatic carbocycles. The van der Waals surface area contributed by atoms with Crippen molar-refractivity contribution in [3.63, 3.8) is 0 Å². The van der Waals surface area contributed by atoms with Crippen LogP contribution in [-0.2, 0) is 11.3 Å². The molecule has 0 radical (unpaired) electrons. The predicted octanol–water partition coefficient (Wildman–Crippen LogP) is 1.96. The summed E-state index contributed by atoms with van der Waals surface area (Å²) in [5.74, 6) is 0.104.